The Labute approximate surface area is 261 Å². The van der Waals surface area contributed by atoms with Gasteiger partial charge in [0, 0.05) is 46.8 Å². The molecule has 0 bridgehead atoms. The van der Waals surface area contributed by atoms with Crippen molar-refractivity contribution >= 4 is 23.3 Å². The molecule has 4 heterocycles. The first-order chi connectivity index (χ1) is 21.0. The minimum Gasteiger partial charge on any atom is -0.433 e. The normalized spacial score (nSPS) is 18.2. The Bertz CT molecular complexity index is 1660. The number of alkyl carbamates (subject to hydrolysis) is 1. The molecule has 1 N–H and O–H groups in total. The average Bonchev–Trinajstić information content (AvgIpc) is 3.32. The van der Waals surface area contributed by atoms with Crippen LogP contribution in [0.1, 0.15) is 104 Å². The van der Waals surface area contributed by atoms with Crippen LogP contribution >= 0.6 is 11.3 Å². The number of pyridine rings is 1. The number of hydrogen-bond donors (Lipinski definition) is 1. The van der Waals surface area contributed by atoms with E-state index in [-0.39, 0.29) is 23.7 Å². The fraction of sp³-hybridized carbons (Fsp3) is 0.455. The van der Waals surface area contributed by atoms with Gasteiger partial charge < -0.3 is 19.4 Å². The Morgan fingerprint density at radius 2 is 1.84 bits per heavy atom. The van der Waals surface area contributed by atoms with Crippen LogP contribution in [-0.2, 0) is 16.8 Å². The molecular weight excluding hydrogens is 576 g/mol. The number of thiazole rings is 1. The standard InChI is InChI=1S/C33H38N6O4S/c1-20-19-44-28(34-20)26-12-9-15-39(26)29(40)23-16-24(22-13-14-22)35-25(17-23)27-37-38-30(42-27)33(5,18-21-10-7-6-8-11-21)43-31(41)36-32(2,3)4/h6-8,10-11,16-17,19,22,26H,9,12-15,18H2,1-5H3,(H,36,41)/t26-,33-/m1/s1. The molecule has 10 nitrogen and oxygen atoms in total. The zero-order valence-corrected chi connectivity index (χ0v) is 26.6. The lowest BCUT2D eigenvalue weighted by Gasteiger charge is -2.29. The highest BCUT2D eigenvalue weighted by atomic mass is 32.1. The molecule has 6 rings (SSSR count). The fourth-order valence-corrected chi connectivity index (χ4v) is 6.49. The van der Waals surface area contributed by atoms with Crippen molar-refractivity contribution in [2.45, 2.75) is 89.8 Å². The predicted octanol–water partition coefficient (Wildman–Crippen LogP) is 6.73. The van der Waals surface area contributed by atoms with Crippen LogP contribution < -0.4 is 5.32 Å². The van der Waals surface area contributed by atoms with Crippen LogP contribution in [0.3, 0.4) is 0 Å². The summed E-state index contributed by atoms with van der Waals surface area (Å²) in [5.74, 6) is 0.559. The third kappa shape index (κ3) is 6.67. The summed E-state index contributed by atoms with van der Waals surface area (Å²) >= 11 is 1.60. The first kappa shape index (κ1) is 29.9. The molecule has 230 valence electrons. The summed E-state index contributed by atoms with van der Waals surface area (Å²) in [6, 6.07) is 13.3. The van der Waals surface area contributed by atoms with Crippen LogP contribution in [0.5, 0.6) is 0 Å². The van der Waals surface area contributed by atoms with E-state index < -0.39 is 17.2 Å². The summed E-state index contributed by atoms with van der Waals surface area (Å²) in [6.07, 6.45) is 3.60. The molecule has 0 spiro atoms. The Morgan fingerprint density at radius 1 is 1.07 bits per heavy atom. The molecule has 11 heteroatoms. The zero-order chi connectivity index (χ0) is 31.1. The molecule has 44 heavy (non-hydrogen) atoms. The molecular formula is C33H38N6O4S. The largest absolute Gasteiger partial charge is 0.433 e. The minimum absolute atomic E-state index is 0.0349. The van der Waals surface area contributed by atoms with E-state index in [1.165, 1.54) is 0 Å². The third-order valence-electron chi connectivity index (χ3n) is 7.80. The highest BCUT2D eigenvalue weighted by Gasteiger charge is 2.39. The molecule has 3 aromatic heterocycles. The van der Waals surface area contributed by atoms with E-state index in [0.29, 0.717) is 30.1 Å². The summed E-state index contributed by atoms with van der Waals surface area (Å²) < 4.78 is 12.2. The number of amides is 2. The Balaban J connectivity index is 1.32. The van der Waals surface area contributed by atoms with Gasteiger partial charge in [-0.05, 0) is 78.0 Å². The van der Waals surface area contributed by atoms with Crippen LogP contribution in [0.2, 0.25) is 0 Å². The van der Waals surface area contributed by atoms with Gasteiger partial charge in [-0.15, -0.1) is 21.5 Å². The number of rotatable bonds is 8. The van der Waals surface area contributed by atoms with E-state index >= 15 is 0 Å². The highest BCUT2D eigenvalue weighted by molar-refractivity contribution is 7.09. The molecule has 2 amide bonds. The molecule has 2 aliphatic rings. The van der Waals surface area contributed by atoms with E-state index in [4.69, 9.17) is 14.1 Å². The van der Waals surface area contributed by atoms with Gasteiger partial charge in [-0.2, -0.15) is 0 Å². The number of benzene rings is 1. The Hall–Kier alpha value is -4.12. The van der Waals surface area contributed by atoms with E-state index in [9.17, 15) is 9.59 Å². The van der Waals surface area contributed by atoms with Gasteiger partial charge in [-0.3, -0.25) is 4.79 Å². The van der Waals surface area contributed by atoms with Crippen LogP contribution in [0, 0.1) is 6.92 Å². The summed E-state index contributed by atoms with van der Waals surface area (Å²) in [4.78, 5) is 38.3. The lowest BCUT2D eigenvalue weighted by Crippen LogP contribution is -2.45. The van der Waals surface area contributed by atoms with Crippen molar-refractivity contribution in [3.05, 3.63) is 81.3 Å². The lowest BCUT2D eigenvalue weighted by atomic mass is 9.96. The van der Waals surface area contributed by atoms with E-state index in [1.807, 2.05) is 74.4 Å². The molecule has 1 aliphatic carbocycles. The van der Waals surface area contributed by atoms with Crippen molar-refractivity contribution in [3.8, 4) is 11.6 Å². The van der Waals surface area contributed by atoms with Gasteiger partial charge in [0.15, 0.2) is 5.60 Å². The first-order valence-electron chi connectivity index (χ1n) is 15.1. The van der Waals surface area contributed by atoms with Gasteiger partial charge >= 0.3 is 6.09 Å². The van der Waals surface area contributed by atoms with Crippen molar-refractivity contribution in [2.75, 3.05) is 6.54 Å². The zero-order valence-electron chi connectivity index (χ0n) is 25.8. The van der Waals surface area contributed by atoms with Crippen molar-refractivity contribution in [1.82, 2.24) is 30.4 Å². The number of nitrogens with one attached hydrogen (secondary N) is 1. The maximum absolute atomic E-state index is 14.0. The number of ether oxygens (including phenoxy) is 1. The lowest BCUT2D eigenvalue weighted by molar-refractivity contribution is -0.00123. The van der Waals surface area contributed by atoms with Crippen LogP contribution in [-0.4, -0.2) is 49.1 Å². The molecule has 1 saturated carbocycles. The fourth-order valence-electron chi connectivity index (χ4n) is 5.55. The Morgan fingerprint density at radius 3 is 2.52 bits per heavy atom. The molecule has 0 unspecified atom stereocenters. The van der Waals surface area contributed by atoms with E-state index in [2.05, 4.69) is 20.5 Å². The number of carbonyl (C=O) groups is 2. The van der Waals surface area contributed by atoms with Crippen LogP contribution in [0.25, 0.3) is 11.6 Å². The Kier molecular flexibility index (Phi) is 8.00. The highest BCUT2D eigenvalue weighted by Crippen LogP contribution is 2.41. The van der Waals surface area contributed by atoms with Gasteiger partial charge in [0.05, 0.1) is 6.04 Å². The van der Waals surface area contributed by atoms with E-state index in [1.54, 1.807) is 24.3 Å². The number of likely N-dealkylation sites (tertiary alicyclic amines) is 1. The topological polar surface area (TPSA) is 123 Å². The van der Waals surface area contributed by atoms with Gasteiger partial charge in [-0.1, -0.05) is 30.3 Å². The van der Waals surface area contributed by atoms with Crippen LogP contribution in [0.15, 0.2) is 52.3 Å². The monoisotopic (exact) mass is 614 g/mol. The summed E-state index contributed by atoms with van der Waals surface area (Å²) in [6.45, 7) is 10.1. The molecule has 2 atom stereocenters. The number of aryl methyl sites for hydroxylation is 1. The quantitative estimate of drug-likeness (QED) is 0.232. The molecule has 1 saturated heterocycles. The smallest absolute Gasteiger partial charge is 0.408 e. The SMILES string of the molecule is Cc1csc([C@H]2CCCN2C(=O)c2cc(-c3nnc([C@@](C)(Cc4ccccc4)OC(=O)NC(C)(C)C)o3)nc(C3CC3)c2)n1. The number of aromatic nitrogens is 4. The van der Waals surface area contributed by atoms with Gasteiger partial charge in [0.1, 0.15) is 10.7 Å². The molecule has 1 aliphatic heterocycles. The van der Waals surface area contributed by atoms with Gasteiger partial charge in [0.2, 0.25) is 0 Å². The molecule has 0 radical (unpaired) electrons. The minimum atomic E-state index is -1.26. The van der Waals surface area contributed by atoms with E-state index in [0.717, 1.165) is 47.6 Å². The second-order valence-electron chi connectivity index (χ2n) is 13.0. The number of carbonyl (C=O) groups excluding carboxylic acids is 2. The van der Waals surface area contributed by atoms with Gasteiger partial charge in [0.25, 0.3) is 17.7 Å². The maximum atomic E-state index is 14.0. The number of hydrogen-bond acceptors (Lipinski definition) is 9. The predicted molar refractivity (Wildman–Crippen MR) is 166 cm³/mol. The third-order valence-corrected chi connectivity index (χ3v) is 8.86. The second kappa shape index (κ2) is 11.8. The summed E-state index contributed by atoms with van der Waals surface area (Å²) in [5, 5.41) is 14.5. The second-order valence-corrected chi connectivity index (χ2v) is 13.9. The van der Waals surface area contributed by atoms with Crippen LogP contribution in [0.4, 0.5) is 4.79 Å². The van der Waals surface area contributed by atoms with Crippen molar-refractivity contribution in [1.29, 1.82) is 0 Å². The molecule has 2 fully saturated rings. The molecule has 1 aromatic carbocycles. The van der Waals surface area contributed by atoms with Crippen molar-refractivity contribution in [3.63, 3.8) is 0 Å². The van der Waals surface area contributed by atoms with Gasteiger partial charge in [-0.25, -0.2) is 14.8 Å². The summed E-state index contributed by atoms with van der Waals surface area (Å²) in [5.41, 5.74) is 1.98. The summed E-state index contributed by atoms with van der Waals surface area (Å²) in [7, 11) is 0. The first-order valence-corrected chi connectivity index (χ1v) is 16.0. The maximum Gasteiger partial charge on any atom is 0.408 e. The van der Waals surface area contributed by atoms with Crippen molar-refractivity contribution in [2.24, 2.45) is 0 Å². The van der Waals surface area contributed by atoms with Crippen molar-refractivity contribution < 1.29 is 18.7 Å². The average molecular weight is 615 g/mol. The molecule has 4 aromatic rings. The number of nitrogens with zero attached hydrogens (tertiary/aromatic N) is 5.